The minimum Gasteiger partial charge on any atom is -0.320 e. The first-order chi connectivity index (χ1) is 37.0. The van der Waals surface area contributed by atoms with Gasteiger partial charge in [0.05, 0.1) is 17.1 Å². The molecule has 3 N–H and O–H groups in total. The third-order valence-corrected chi connectivity index (χ3v) is 14.9. The van der Waals surface area contributed by atoms with Crippen LogP contribution in [0.1, 0.15) is 263 Å². The molecule has 0 radical (unpaired) electrons. The van der Waals surface area contributed by atoms with E-state index in [1.165, 1.54) is 0 Å². The van der Waals surface area contributed by atoms with Gasteiger partial charge in [-0.3, -0.25) is 14.5 Å². The van der Waals surface area contributed by atoms with Crippen molar-refractivity contribution in [1.29, 1.82) is 0 Å². The molecule has 18 heteroatoms. The quantitative estimate of drug-likeness (QED) is 0.0245. The van der Waals surface area contributed by atoms with Gasteiger partial charge in [-0.25, -0.2) is 42.5 Å². The van der Waals surface area contributed by atoms with E-state index in [-0.39, 0.29) is 42.1 Å². The second-order valence-corrected chi connectivity index (χ2v) is 21.9. The highest BCUT2D eigenvalue weighted by Gasteiger charge is 2.23. The number of carbonyl (C=O) groups excluding carboxylic acids is 3. The maximum Gasteiger partial charge on any atom is 0.434 e. The Hall–Kier alpha value is -4.77. The van der Waals surface area contributed by atoms with Crippen molar-refractivity contribution in [3.05, 3.63) is 31.5 Å². The lowest BCUT2D eigenvalue weighted by atomic mass is 9.87. The molecule has 0 fully saturated rings. The molecule has 0 bridgehead atoms. The Morgan fingerprint density at radius 3 is 0.909 bits per heavy atom. The van der Waals surface area contributed by atoms with Crippen LogP contribution in [0.4, 0.5) is 14.4 Å². The number of nitrogens with one attached hydrogen (secondary N) is 3. The number of carbonyl (C=O) groups is 3. The van der Waals surface area contributed by atoms with Gasteiger partial charge in [0.15, 0.2) is 0 Å². The Balaban J connectivity index is 3.35. The van der Waals surface area contributed by atoms with Crippen molar-refractivity contribution < 1.29 is 28.9 Å². The van der Waals surface area contributed by atoms with Crippen LogP contribution < -0.4 is 33.0 Å². The average molecular weight is 1090 g/mol. The number of nitrogens with zero attached hydrogens (tertiary/aromatic N) is 6. The van der Waals surface area contributed by atoms with Crippen molar-refractivity contribution in [3.63, 3.8) is 0 Å². The highest BCUT2D eigenvalue weighted by molar-refractivity contribution is 5.89. The van der Waals surface area contributed by atoms with Gasteiger partial charge >= 0.3 is 35.3 Å². The summed E-state index contributed by atoms with van der Waals surface area (Å²) in [7, 11) is 0. The summed E-state index contributed by atoms with van der Waals surface area (Å²) >= 11 is 0. The van der Waals surface area contributed by atoms with Gasteiger partial charge in [0.2, 0.25) is 0 Å². The first kappa shape index (κ1) is 70.2. The molecule has 3 amide bonds. The number of hydrogen-bond donors (Lipinski definition) is 3. The van der Waals surface area contributed by atoms with Crippen molar-refractivity contribution in [3.8, 4) is 0 Å². The molecular formula is C59H109N9O9. The maximum atomic E-state index is 14.0. The van der Waals surface area contributed by atoms with E-state index < -0.39 is 48.7 Å². The summed E-state index contributed by atoms with van der Waals surface area (Å²) in [6, 6.07) is 0. The molecule has 1 heterocycles. The lowest BCUT2D eigenvalue weighted by molar-refractivity contribution is 0.144. The minimum absolute atomic E-state index is 0.0638. The molecule has 18 nitrogen and oxygen atoms in total. The van der Waals surface area contributed by atoms with Crippen LogP contribution in [0.2, 0.25) is 0 Å². The van der Waals surface area contributed by atoms with E-state index in [4.69, 9.17) is 14.5 Å². The summed E-state index contributed by atoms with van der Waals surface area (Å²) in [5, 5.41) is 20.8. The van der Waals surface area contributed by atoms with Crippen LogP contribution in [0.15, 0.2) is 29.9 Å². The zero-order valence-electron chi connectivity index (χ0n) is 50.4. The third-order valence-electron chi connectivity index (χ3n) is 14.9. The van der Waals surface area contributed by atoms with E-state index in [2.05, 4.69) is 115 Å². The van der Waals surface area contributed by atoms with E-state index in [9.17, 15) is 28.8 Å². The van der Waals surface area contributed by atoms with Gasteiger partial charge in [-0.15, -0.1) is 0 Å². The average Bonchev–Trinajstić information content (AvgIpc) is 3.39. The van der Waals surface area contributed by atoms with E-state index in [0.717, 1.165) is 176 Å². The molecule has 1 aromatic heterocycles. The molecule has 1 rings (SSSR count). The van der Waals surface area contributed by atoms with Crippen molar-refractivity contribution in [2.24, 2.45) is 51.0 Å². The summed E-state index contributed by atoms with van der Waals surface area (Å²) in [6.07, 6.45) is 24.8. The second-order valence-electron chi connectivity index (χ2n) is 21.9. The van der Waals surface area contributed by atoms with E-state index in [0.29, 0.717) is 41.4 Å². The van der Waals surface area contributed by atoms with E-state index >= 15 is 0 Å². The molecule has 6 atom stereocenters. The molecule has 0 aliphatic heterocycles. The third kappa shape index (κ3) is 29.1. The van der Waals surface area contributed by atoms with Crippen molar-refractivity contribution in [2.45, 2.75) is 283 Å². The summed E-state index contributed by atoms with van der Waals surface area (Å²) in [4.78, 5) is 97.2. The molecule has 1 aromatic rings. The van der Waals surface area contributed by atoms with E-state index in [1.54, 1.807) is 0 Å². The van der Waals surface area contributed by atoms with Crippen LogP contribution in [-0.2, 0) is 34.4 Å². The SMILES string of the molecule is CCCCCC(C)C(=NOC(=O)NCCCCCCn1c(=O)n(CNC(=O)ON=C(C(C)CCCCC)C(C)CCCCC)c(=O)n(CNC(=O)ON=C(C(C)CCCCC)C(C)CCCCC)c1=O)C(C)CCCCC. The topological polar surface area (TPSA) is 218 Å². The Morgan fingerprint density at radius 2 is 0.623 bits per heavy atom. The molecule has 0 aromatic carbocycles. The largest absolute Gasteiger partial charge is 0.434 e. The molecule has 6 unspecified atom stereocenters. The molecule has 444 valence electrons. The smallest absolute Gasteiger partial charge is 0.320 e. The molecule has 0 saturated carbocycles. The Morgan fingerprint density at radius 1 is 0.364 bits per heavy atom. The van der Waals surface area contributed by atoms with Gasteiger partial charge in [0.25, 0.3) is 0 Å². The first-order valence-corrected chi connectivity index (χ1v) is 30.5. The monoisotopic (exact) mass is 1090 g/mol. The van der Waals surface area contributed by atoms with Crippen LogP contribution in [0.3, 0.4) is 0 Å². The molecule has 0 saturated heterocycles. The van der Waals surface area contributed by atoms with Crippen LogP contribution in [0.5, 0.6) is 0 Å². The fourth-order valence-electron chi connectivity index (χ4n) is 9.84. The van der Waals surface area contributed by atoms with Gasteiger partial charge in [-0.05, 0) is 86.9 Å². The summed E-state index contributed by atoms with van der Waals surface area (Å²) in [5.74, 6) is 0.749. The predicted octanol–water partition coefficient (Wildman–Crippen LogP) is 14.2. The van der Waals surface area contributed by atoms with Crippen molar-refractivity contribution in [2.75, 3.05) is 6.54 Å². The van der Waals surface area contributed by atoms with Gasteiger partial charge in [-0.1, -0.05) is 227 Å². The van der Waals surface area contributed by atoms with Gasteiger partial charge in [0.1, 0.15) is 13.3 Å². The fourth-order valence-corrected chi connectivity index (χ4v) is 9.84. The molecule has 0 spiro atoms. The Labute approximate surface area is 464 Å². The first-order valence-electron chi connectivity index (χ1n) is 30.5. The molecular weight excluding hydrogens is 979 g/mol. The number of amides is 3. The Bertz CT molecular complexity index is 1910. The van der Waals surface area contributed by atoms with E-state index in [1.807, 2.05) is 0 Å². The van der Waals surface area contributed by atoms with Crippen LogP contribution in [-0.4, -0.2) is 55.7 Å². The number of aromatic nitrogens is 3. The van der Waals surface area contributed by atoms with Crippen molar-refractivity contribution in [1.82, 2.24) is 29.7 Å². The normalized spacial score (nSPS) is 13.6. The predicted molar refractivity (Wildman–Crippen MR) is 314 cm³/mol. The van der Waals surface area contributed by atoms with Gasteiger partial charge in [0, 0.05) is 13.1 Å². The molecule has 77 heavy (non-hydrogen) atoms. The fraction of sp³-hybridized carbons (Fsp3) is 0.847. The highest BCUT2D eigenvalue weighted by Crippen LogP contribution is 2.24. The van der Waals surface area contributed by atoms with Crippen LogP contribution >= 0.6 is 0 Å². The van der Waals surface area contributed by atoms with Crippen molar-refractivity contribution >= 4 is 35.4 Å². The summed E-state index contributed by atoms with van der Waals surface area (Å²) < 4.78 is 2.35. The lowest BCUT2D eigenvalue weighted by Crippen LogP contribution is -2.57. The molecule has 0 aliphatic carbocycles. The van der Waals surface area contributed by atoms with Gasteiger partial charge in [-0.2, -0.15) is 0 Å². The number of oxime groups is 3. The molecule has 0 aliphatic rings. The van der Waals surface area contributed by atoms with Crippen LogP contribution in [0, 0.1) is 35.5 Å². The number of unbranched alkanes of at least 4 members (excludes halogenated alkanes) is 15. The standard InChI is InChI=1S/C59H109N9O9/c1-13-19-27-35-45(7)51(46(8)36-28-20-14-2)63-75-54(69)60-41-33-25-26-34-42-66-57(72)67(43-61-55(70)76-64-52(47(9)37-29-21-15-3)48(10)38-30-22-16-4)59(74)68(58(66)73)44-62-56(71)77-65-53(49(11)39-31-23-17-5)50(12)40-32-24-18-6/h45-50H,13-44H2,1-12H3,(H,60,69)(H,61,70)(H,62,71). The number of rotatable bonds is 44. The summed E-state index contributed by atoms with van der Waals surface area (Å²) in [5.41, 5.74) is -0.445. The maximum absolute atomic E-state index is 14.0. The van der Waals surface area contributed by atoms with Crippen LogP contribution in [0.25, 0.3) is 0 Å². The highest BCUT2D eigenvalue weighted by atomic mass is 16.7. The lowest BCUT2D eigenvalue weighted by Gasteiger charge is -2.20. The Kier molecular flexibility index (Phi) is 39.4. The summed E-state index contributed by atoms with van der Waals surface area (Å²) in [6.45, 7) is 24.6. The second kappa shape index (κ2) is 43.2. The zero-order valence-corrected chi connectivity index (χ0v) is 50.4. The van der Waals surface area contributed by atoms with Gasteiger partial charge < -0.3 is 16.0 Å². The number of hydrogen-bond acceptors (Lipinski definition) is 12. The zero-order chi connectivity index (χ0) is 57.4. The minimum atomic E-state index is -1.06.